The van der Waals surface area contributed by atoms with Crippen molar-refractivity contribution >= 4 is 143 Å². The fraction of sp³-hybridized carbons (Fsp3) is 0.463. The first-order valence-corrected chi connectivity index (χ1v) is 37.4. The first kappa shape index (κ1) is 77.1. The Morgan fingerprint density at radius 1 is 0.845 bits per heavy atom. The number of allylic oxidation sites excluding steroid dienone is 1. The number of rotatable bonds is 30. The molecule has 33 nitrogen and oxygen atoms in total. The molecular formula is C67H82N16O17S3. The number of hydrogen-bond acceptors (Lipinski definition) is 24. The summed E-state index contributed by atoms with van der Waals surface area (Å²) in [4.78, 5) is 178. The number of carboxylic acid groups (broad SMARTS) is 1. The van der Waals surface area contributed by atoms with Gasteiger partial charge in [-0.1, -0.05) is 48.8 Å². The predicted octanol–water partition coefficient (Wildman–Crippen LogP) is 2.45. The number of ether oxygens (including phenoxy) is 2. The van der Waals surface area contributed by atoms with Gasteiger partial charge in [-0.3, -0.25) is 68.1 Å². The molecular weight excluding hydrogens is 1400 g/mol. The summed E-state index contributed by atoms with van der Waals surface area (Å²) >= 11 is 0. The first-order chi connectivity index (χ1) is 48.9. The van der Waals surface area contributed by atoms with Crippen LogP contribution in [-0.4, -0.2) is 180 Å². The smallest absolute Gasteiger partial charge is 0.426 e. The van der Waals surface area contributed by atoms with Crippen LogP contribution in [0, 0.1) is 43.4 Å². The monoisotopic (exact) mass is 1480 g/mol. The molecule has 9 rings (SSSR count). The number of methoxy groups -OCH3 is 1. The number of H-pyrrole nitrogens is 3. The maximum atomic E-state index is 14.5. The molecule has 3 aliphatic heterocycles. The largest absolute Gasteiger partial charge is 0.480 e. The highest BCUT2D eigenvalue weighted by Crippen LogP contribution is 2.49. The van der Waals surface area contributed by atoms with E-state index in [0.717, 1.165) is 17.8 Å². The van der Waals surface area contributed by atoms with E-state index in [-0.39, 0.29) is 103 Å². The molecule has 1 aliphatic carbocycles. The number of carboxylic acids is 1. The summed E-state index contributed by atoms with van der Waals surface area (Å²) in [7, 11) is -0.899. The van der Waals surface area contributed by atoms with Gasteiger partial charge < -0.3 is 56.9 Å². The Hall–Kier alpha value is -10.1. The van der Waals surface area contributed by atoms with Crippen LogP contribution in [0.1, 0.15) is 139 Å². The first-order valence-electron chi connectivity index (χ1n) is 33.3. The van der Waals surface area contributed by atoms with Crippen molar-refractivity contribution in [3.8, 4) is 0 Å². The maximum absolute atomic E-state index is 14.5. The van der Waals surface area contributed by atoms with Crippen molar-refractivity contribution in [1.29, 1.82) is 0 Å². The molecule has 6 amide bonds. The lowest BCUT2D eigenvalue weighted by molar-refractivity contribution is -0.142. The lowest BCUT2D eigenvalue weighted by atomic mass is 9.83. The Labute approximate surface area is 598 Å². The summed E-state index contributed by atoms with van der Waals surface area (Å²) in [5, 5.41) is 24.2. The van der Waals surface area contributed by atoms with E-state index in [4.69, 9.17) is 29.7 Å². The van der Waals surface area contributed by atoms with Gasteiger partial charge in [-0.15, -0.1) is 0 Å². The molecule has 8 bridgehead atoms. The van der Waals surface area contributed by atoms with Crippen LogP contribution in [0.5, 0.6) is 0 Å². The second-order valence-corrected chi connectivity index (χ2v) is 29.8. The lowest BCUT2D eigenvalue weighted by Gasteiger charge is -2.22. The quantitative estimate of drug-likeness (QED) is 0.00597. The van der Waals surface area contributed by atoms with Crippen LogP contribution in [0.4, 0.5) is 16.4 Å². The number of aromatic amines is 3. The highest BCUT2D eigenvalue weighted by Gasteiger charge is 2.49. The lowest BCUT2D eigenvalue weighted by Crippen LogP contribution is -2.53. The number of nitrogen functional groups attached to an aromatic ring is 1. The van der Waals surface area contributed by atoms with Gasteiger partial charge in [0.05, 0.1) is 60.5 Å². The molecule has 36 heteroatoms. The molecule has 4 aliphatic rings. The third-order valence-corrected chi connectivity index (χ3v) is 21.6. The molecule has 103 heavy (non-hydrogen) atoms. The number of fused-ring (bicyclic) bond motifs is 6. The van der Waals surface area contributed by atoms with Crippen LogP contribution in [0.3, 0.4) is 0 Å². The van der Waals surface area contributed by atoms with Gasteiger partial charge in [-0.2, -0.15) is 13.4 Å². The van der Waals surface area contributed by atoms with Gasteiger partial charge in [0, 0.05) is 112 Å². The van der Waals surface area contributed by atoms with E-state index in [1.165, 1.54) is 41.8 Å². The number of Topliss-reactive ketones (excluding diaryl/α,β-unsaturated/α-hetero) is 2. The Morgan fingerprint density at radius 3 is 2.27 bits per heavy atom. The zero-order valence-electron chi connectivity index (χ0n) is 57.7. The number of aliphatic imine (C=N–C) groups is 2. The molecule has 2 unspecified atom stereocenters. The average molecular weight is 1480 g/mol. The van der Waals surface area contributed by atoms with E-state index in [9.17, 15) is 66.3 Å². The van der Waals surface area contributed by atoms with Gasteiger partial charge in [0.1, 0.15) is 24.6 Å². The topological polar surface area (TPSA) is 502 Å². The van der Waals surface area contributed by atoms with E-state index >= 15 is 0 Å². The van der Waals surface area contributed by atoms with Crippen molar-refractivity contribution in [1.82, 2.24) is 62.0 Å². The number of aliphatic carboxylic acids is 1. The second-order valence-electron chi connectivity index (χ2n) is 25.5. The van der Waals surface area contributed by atoms with Crippen LogP contribution >= 0.6 is 21.6 Å². The van der Waals surface area contributed by atoms with Gasteiger partial charge in [-0.25, -0.2) is 25.0 Å². The molecule has 0 saturated carbocycles. The minimum atomic E-state index is -4.48. The minimum absolute atomic E-state index is 0.0145. The van der Waals surface area contributed by atoms with E-state index in [0.29, 0.717) is 73.4 Å². The van der Waals surface area contributed by atoms with Crippen LogP contribution in [-0.2, 0) is 61.3 Å². The van der Waals surface area contributed by atoms with E-state index < -0.39 is 124 Å². The number of esters is 1. The third kappa shape index (κ3) is 19.0. The molecule has 9 atom stereocenters. The van der Waals surface area contributed by atoms with Crippen molar-refractivity contribution in [2.45, 2.75) is 131 Å². The number of aromatic nitrogens is 6. The third-order valence-electron chi connectivity index (χ3n) is 18.4. The molecule has 0 fully saturated rings. The van der Waals surface area contributed by atoms with Crippen molar-refractivity contribution in [2.75, 3.05) is 48.6 Å². The fourth-order valence-corrected chi connectivity index (χ4v) is 15.3. The number of anilines is 2. The number of carbonyl (C=O) groups is 10. The van der Waals surface area contributed by atoms with Crippen molar-refractivity contribution in [3.05, 3.63) is 102 Å². The van der Waals surface area contributed by atoms with Gasteiger partial charge in [0.15, 0.2) is 22.7 Å². The number of benzene rings is 1. The van der Waals surface area contributed by atoms with Gasteiger partial charge in [-0.05, 0) is 100 Å². The number of hydrogen-bond donors (Lipinski definition) is 13. The van der Waals surface area contributed by atoms with E-state index in [2.05, 4.69) is 81.2 Å². The summed E-state index contributed by atoms with van der Waals surface area (Å²) in [5.74, 6) is -9.31. The Balaban J connectivity index is 0.743. The summed E-state index contributed by atoms with van der Waals surface area (Å²) in [6.07, 6.45) is 4.38. The SMILES string of the molecule is CC[C@H]1C2Cc3[nH]c4c(c3C)C(=O)C(C(=O)OC)/C4=C3N=C(/C=c4\[nH]/c(c(C(C)=O)c4C)=C\C(=N2)[C@@H]1C)[C@@H](C)[C@@H]/3CCC(=O)NNC(=O)OCCSSCC[C@H](NC(=O)[C@H](CC(=O)NCCS(=O)(=O)O)NC(=O)CC[C@@H](C)NC(=O)c1ccc(NCc2cnc3nc(N)[nH]c(=O)c3n2)cc1)C(=O)O. The number of nitrogens with two attached hydrogens (primary N) is 1. The Bertz CT molecular complexity index is 4610. The van der Waals surface area contributed by atoms with E-state index in [1.54, 1.807) is 31.2 Å². The van der Waals surface area contributed by atoms with Crippen molar-refractivity contribution < 1.29 is 75.5 Å². The van der Waals surface area contributed by atoms with Crippen molar-refractivity contribution in [3.63, 3.8) is 0 Å². The normalized spacial score (nSPS) is 20.3. The summed E-state index contributed by atoms with van der Waals surface area (Å²) < 4.78 is 42.2. The summed E-state index contributed by atoms with van der Waals surface area (Å²) in [5.41, 5.74) is 16.8. The number of amides is 6. The molecule has 0 radical (unpaired) electrons. The molecule has 7 heterocycles. The molecule has 4 aromatic heterocycles. The Kier molecular flexibility index (Phi) is 25.3. The number of nitrogens with one attached hydrogen (secondary N) is 10. The Morgan fingerprint density at radius 2 is 1.57 bits per heavy atom. The van der Waals surface area contributed by atoms with Crippen LogP contribution in [0.15, 0.2) is 50.9 Å². The van der Waals surface area contributed by atoms with Gasteiger partial charge in [0.25, 0.3) is 21.6 Å². The average Bonchev–Trinajstić information content (AvgIpc) is 1.56. The second kappa shape index (κ2) is 33.8. The standard InChI is InChI=1S/C67H82N16O17S3/c1-9-39-31(3)42-26-47-52(35(7)84)33(5)44(75-47)24-43-32(4)40(56(77-43)54-55(65(94)99-8)59(88)53-34(6)45(78-57(53)54)25-46(39)74-42)15-17-50(86)82-83-67(95)100-20-22-102-101-21-18-41(64(92)93)79-62(90)48(27-51(87)69-19-23-103(96,97)98)76-49(85)16-10-30(2)72-61(89)36-11-13-37(14-12-36)70-28-38-29-71-60-58(73-38)63(91)81-66(68)80-60/h11-14,24,26,29-32,39-41,46,48,55,70,75,78H,9-10,15-23,25,27-28H2,1-8H3,(H,69,87)(H,72,89)(H,76,85)(H,79,90)(H,82,86)(H,83,95)(H,92,93)(H,96,97,98)(H3,68,71,80,81,91)/b44-24-,47-26-,56-54-/t30-,31-,32+,39-,40+,41+,46?,48+,55?/m1/s1. The highest BCUT2D eigenvalue weighted by molar-refractivity contribution is 8.76. The number of nitrogens with zero attached hydrogens (tertiary/aromatic N) is 5. The maximum Gasteiger partial charge on any atom is 0.426 e. The molecule has 14 N–H and O–H groups in total. The number of hydrazine groups is 1. The van der Waals surface area contributed by atoms with Gasteiger partial charge in [0.2, 0.25) is 29.6 Å². The van der Waals surface area contributed by atoms with E-state index in [1.807, 2.05) is 32.9 Å². The molecule has 0 spiro atoms. The predicted molar refractivity (Wildman–Crippen MR) is 383 cm³/mol. The zero-order valence-corrected chi connectivity index (χ0v) is 60.1. The highest BCUT2D eigenvalue weighted by atomic mass is 33.1. The summed E-state index contributed by atoms with van der Waals surface area (Å²) in [6, 6.07) is 2.44. The van der Waals surface area contributed by atoms with Gasteiger partial charge >= 0.3 is 18.0 Å². The van der Waals surface area contributed by atoms with Crippen molar-refractivity contribution in [2.24, 2.45) is 39.6 Å². The molecule has 5 aromatic rings. The number of carbonyl (C=O) groups excluding carboxylic acids is 9. The zero-order chi connectivity index (χ0) is 74.7. The number of ketones is 2. The van der Waals surface area contributed by atoms with Crippen LogP contribution in [0.2, 0.25) is 0 Å². The van der Waals surface area contributed by atoms with Crippen LogP contribution < -0.4 is 59.4 Å². The molecule has 0 saturated heterocycles. The molecule has 550 valence electrons. The fourth-order valence-electron chi connectivity index (χ4n) is 13.0. The molecule has 1 aromatic carbocycles. The summed E-state index contributed by atoms with van der Waals surface area (Å²) in [6.45, 7) is 12.5. The minimum Gasteiger partial charge on any atom is -0.480 e. The van der Waals surface area contributed by atoms with Crippen LogP contribution in [0.25, 0.3) is 28.9 Å².